The maximum absolute atomic E-state index is 12.6. The summed E-state index contributed by atoms with van der Waals surface area (Å²) in [7, 11) is 0. The molecule has 2 aliphatic rings. The van der Waals surface area contributed by atoms with E-state index in [1.807, 2.05) is 6.07 Å². The fourth-order valence-electron chi connectivity index (χ4n) is 4.47. The van der Waals surface area contributed by atoms with Crippen LogP contribution in [0.5, 0.6) is 0 Å². The number of nitrogens with one attached hydrogen (secondary N) is 1. The number of rotatable bonds is 6. The van der Waals surface area contributed by atoms with E-state index in [1.165, 1.54) is 6.42 Å². The third-order valence-corrected chi connectivity index (χ3v) is 5.84. The molecular weight excluding hydrogens is 290 g/mol. The van der Waals surface area contributed by atoms with Crippen molar-refractivity contribution in [3.05, 3.63) is 0 Å². The number of hydrogen-bond acceptors (Lipinski definition) is 3. The molecule has 2 rings (SSSR count). The van der Waals surface area contributed by atoms with Crippen LogP contribution in [0.1, 0.15) is 70.6 Å². The minimum atomic E-state index is -0.523. The predicted octanol–water partition coefficient (Wildman–Crippen LogP) is 2.65. The summed E-state index contributed by atoms with van der Waals surface area (Å²) in [4.78, 5) is 24.8. The number of nitrogens with zero attached hydrogens (tertiary/aromatic N) is 1. The van der Waals surface area contributed by atoms with E-state index in [0.29, 0.717) is 12.3 Å². The van der Waals surface area contributed by atoms with E-state index in [0.717, 1.165) is 57.8 Å². The Kier molecular flexibility index (Phi) is 6.44. The zero-order valence-corrected chi connectivity index (χ0v) is 14.0. The van der Waals surface area contributed by atoms with Crippen molar-refractivity contribution >= 4 is 11.8 Å². The van der Waals surface area contributed by atoms with Crippen molar-refractivity contribution in [1.82, 2.24) is 5.32 Å². The minimum absolute atomic E-state index is 0.0334. The molecule has 0 saturated heterocycles. The Balaban J connectivity index is 2.15. The van der Waals surface area contributed by atoms with Gasteiger partial charge in [-0.1, -0.05) is 38.5 Å². The summed E-state index contributed by atoms with van der Waals surface area (Å²) >= 11 is 0. The summed E-state index contributed by atoms with van der Waals surface area (Å²) in [6.07, 6.45) is 10.9. The van der Waals surface area contributed by atoms with E-state index in [9.17, 15) is 9.59 Å². The number of amides is 2. The molecule has 5 nitrogen and oxygen atoms in total. The molecule has 0 aromatic rings. The second kappa shape index (κ2) is 8.33. The highest BCUT2D eigenvalue weighted by Crippen LogP contribution is 2.44. The highest BCUT2D eigenvalue weighted by Gasteiger charge is 2.43. The lowest BCUT2D eigenvalue weighted by atomic mass is 9.65. The number of nitrogens with two attached hydrogens (primary N) is 1. The van der Waals surface area contributed by atoms with Crippen LogP contribution in [0.3, 0.4) is 0 Å². The Morgan fingerprint density at radius 1 is 1.13 bits per heavy atom. The van der Waals surface area contributed by atoms with Crippen LogP contribution in [0.2, 0.25) is 0 Å². The molecule has 2 fully saturated rings. The lowest BCUT2D eigenvalue weighted by molar-refractivity contribution is -0.135. The fraction of sp³-hybridized carbons (Fsp3) is 0.833. The second-order valence-electron chi connectivity index (χ2n) is 7.29. The highest BCUT2D eigenvalue weighted by molar-refractivity contribution is 5.84. The molecular formula is C18H29N3O2. The van der Waals surface area contributed by atoms with Gasteiger partial charge in [-0.25, -0.2) is 0 Å². The molecule has 1 atom stereocenters. The topological polar surface area (TPSA) is 96.0 Å². The van der Waals surface area contributed by atoms with E-state index in [2.05, 4.69) is 5.32 Å². The molecule has 0 bridgehead atoms. The van der Waals surface area contributed by atoms with E-state index in [4.69, 9.17) is 11.0 Å². The van der Waals surface area contributed by atoms with Gasteiger partial charge in [-0.3, -0.25) is 9.59 Å². The normalized spacial score (nSPS) is 22.7. The van der Waals surface area contributed by atoms with Gasteiger partial charge in [-0.2, -0.15) is 5.26 Å². The van der Waals surface area contributed by atoms with E-state index in [1.54, 1.807) is 0 Å². The number of hydrogen-bond donors (Lipinski definition) is 2. The van der Waals surface area contributed by atoms with Gasteiger partial charge in [-0.05, 0) is 38.0 Å². The predicted molar refractivity (Wildman–Crippen MR) is 88.0 cm³/mol. The molecule has 0 radical (unpaired) electrons. The molecule has 2 aliphatic carbocycles. The van der Waals surface area contributed by atoms with Crippen molar-refractivity contribution in [1.29, 1.82) is 5.26 Å². The molecule has 0 heterocycles. The van der Waals surface area contributed by atoms with Crippen molar-refractivity contribution in [2.75, 3.05) is 6.54 Å². The van der Waals surface area contributed by atoms with Crippen LogP contribution in [-0.4, -0.2) is 18.4 Å². The van der Waals surface area contributed by atoms with E-state index >= 15 is 0 Å². The molecule has 2 saturated carbocycles. The molecule has 3 N–H and O–H groups in total. The van der Waals surface area contributed by atoms with Gasteiger partial charge in [0.2, 0.25) is 11.8 Å². The Hall–Kier alpha value is -1.57. The van der Waals surface area contributed by atoms with E-state index in [-0.39, 0.29) is 24.3 Å². The Bertz CT molecular complexity index is 457. The van der Waals surface area contributed by atoms with Gasteiger partial charge < -0.3 is 11.1 Å². The maximum atomic E-state index is 12.6. The van der Waals surface area contributed by atoms with Gasteiger partial charge in [0.15, 0.2) is 0 Å². The van der Waals surface area contributed by atoms with Crippen LogP contribution < -0.4 is 11.1 Å². The Morgan fingerprint density at radius 3 is 2.30 bits per heavy atom. The van der Waals surface area contributed by atoms with Crippen molar-refractivity contribution in [2.24, 2.45) is 23.0 Å². The molecule has 2 amide bonds. The van der Waals surface area contributed by atoms with Crippen LogP contribution in [0.4, 0.5) is 0 Å². The molecule has 23 heavy (non-hydrogen) atoms. The summed E-state index contributed by atoms with van der Waals surface area (Å²) in [5.74, 6) is -0.175. The zero-order chi connectivity index (χ0) is 16.7. The number of nitriles is 1. The third kappa shape index (κ3) is 4.46. The first-order valence-electron chi connectivity index (χ1n) is 9.04. The third-order valence-electron chi connectivity index (χ3n) is 5.84. The smallest absolute Gasteiger partial charge is 0.224 e. The van der Waals surface area contributed by atoms with E-state index < -0.39 is 5.41 Å². The van der Waals surface area contributed by atoms with Crippen LogP contribution in [0.25, 0.3) is 0 Å². The van der Waals surface area contributed by atoms with Crippen LogP contribution in [0, 0.1) is 28.6 Å². The molecule has 5 heteroatoms. The largest absolute Gasteiger partial charge is 0.369 e. The first kappa shape index (κ1) is 17.8. The number of carbonyl (C=O) groups is 2. The van der Waals surface area contributed by atoms with Crippen LogP contribution >= 0.6 is 0 Å². The van der Waals surface area contributed by atoms with Crippen LogP contribution in [0.15, 0.2) is 0 Å². The van der Waals surface area contributed by atoms with Crippen molar-refractivity contribution in [2.45, 2.75) is 70.6 Å². The summed E-state index contributed by atoms with van der Waals surface area (Å²) in [5.41, 5.74) is 5.23. The maximum Gasteiger partial charge on any atom is 0.224 e. The summed E-state index contributed by atoms with van der Waals surface area (Å²) in [5, 5.41) is 11.5. The van der Waals surface area contributed by atoms with Gasteiger partial charge in [0.1, 0.15) is 6.54 Å². The van der Waals surface area contributed by atoms with Gasteiger partial charge >= 0.3 is 0 Å². The van der Waals surface area contributed by atoms with Crippen molar-refractivity contribution in [3.63, 3.8) is 0 Å². The molecule has 0 aromatic carbocycles. The molecule has 0 aromatic heterocycles. The molecule has 128 valence electrons. The van der Waals surface area contributed by atoms with Crippen molar-refractivity contribution in [3.8, 4) is 6.07 Å². The first-order valence-corrected chi connectivity index (χ1v) is 9.04. The summed E-state index contributed by atoms with van der Waals surface area (Å²) < 4.78 is 0. The van der Waals surface area contributed by atoms with Gasteiger partial charge in [0.05, 0.1) is 6.07 Å². The summed E-state index contributed by atoms with van der Waals surface area (Å²) in [6.45, 7) is 0.0334. The molecule has 0 spiro atoms. The molecule has 0 aliphatic heterocycles. The standard InChI is InChI=1S/C18H29N3O2/c19-11-12-21-16(22)15(14-7-3-1-4-8-14)13-18(17(20)23)9-5-2-6-10-18/h14-15H,1-10,12-13H2,(H2,20,23)(H,21,22). The Labute approximate surface area is 139 Å². The van der Waals surface area contributed by atoms with Gasteiger partial charge in [0.25, 0.3) is 0 Å². The quantitative estimate of drug-likeness (QED) is 0.737. The highest BCUT2D eigenvalue weighted by atomic mass is 16.2. The first-order chi connectivity index (χ1) is 11.1. The Morgan fingerprint density at radius 2 is 1.74 bits per heavy atom. The summed E-state index contributed by atoms with van der Waals surface area (Å²) in [6, 6.07) is 1.97. The SMILES string of the molecule is N#CCNC(=O)C(CC1(C(N)=O)CCCCC1)C1CCCCC1. The van der Waals surface area contributed by atoms with Gasteiger partial charge in [-0.15, -0.1) is 0 Å². The number of primary amides is 1. The zero-order valence-electron chi connectivity index (χ0n) is 14.0. The van der Waals surface area contributed by atoms with Crippen LogP contribution in [-0.2, 0) is 9.59 Å². The molecule has 1 unspecified atom stereocenters. The number of carbonyl (C=O) groups excluding carboxylic acids is 2. The average Bonchev–Trinajstić information content (AvgIpc) is 2.59. The van der Waals surface area contributed by atoms with Gasteiger partial charge in [0, 0.05) is 11.3 Å². The average molecular weight is 319 g/mol. The van der Waals surface area contributed by atoms with Crippen molar-refractivity contribution < 1.29 is 9.59 Å². The fourth-order valence-corrected chi connectivity index (χ4v) is 4.47. The minimum Gasteiger partial charge on any atom is -0.369 e. The monoisotopic (exact) mass is 319 g/mol. The lowest BCUT2D eigenvalue weighted by Gasteiger charge is -2.39. The lowest BCUT2D eigenvalue weighted by Crippen LogP contribution is -2.45. The second-order valence-corrected chi connectivity index (χ2v) is 7.29.